The number of aryl methyl sites for hydroxylation is 1. The van der Waals surface area contributed by atoms with E-state index in [-0.39, 0.29) is 11.0 Å². The van der Waals surface area contributed by atoms with Crippen LogP contribution < -0.4 is 11.1 Å². The summed E-state index contributed by atoms with van der Waals surface area (Å²) in [6, 6.07) is 7.71. The smallest absolute Gasteiger partial charge is 0.220 e. The molecule has 0 aromatic heterocycles. The molecular formula is C15H22N2O3S. The molecule has 21 heavy (non-hydrogen) atoms. The van der Waals surface area contributed by atoms with Crippen LogP contribution >= 0.6 is 11.8 Å². The summed E-state index contributed by atoms with van der Waals surface area (Å²) in [7, 11) is 1.63. The Labute approximate surface area is 129 Å². The number of hydrogen-bond acceptors (Lipinski definition) is 5. The first kappa shape index (κ1) is 17.7. The highest BCUT2D eigenvalue weighted by Crippen LogP contribution is 2.21. The monoisotopic (exact) mass is 310 g/mol. The number of hydrogen-bond donors (Lipinski definition) is 2. The zero-order chi connectivity index (χ0) is 15.5. The van der Waals surface area contributed by atoms with Crippen LogP contribution in [0.2, 0.25) is 0 Å². The molecule has 0 bridgehead atoms. The fraction of sp³-hybridized carbons (Fsp3) is 0.467. The Morgan fingerprint density at radius 1 is 1.19 bits per heavy atom. The van der Waals surface area contributed by atoms with Gasteiger partial charge in [0, 0.05) is 31.3 Å². The van der Waals surface area contributed by atoms with Crippen molar-refractivity contribution in [1.29, 1.82) is 0 Å². The Balaban J connectivity index is 2.33. The van der Waals surface area contributed by atoms with Crippen LogP contribution in [0.25, 0.3) is 0 Å². The lowest BCUT2D eigenvalue weighted by atomic mass is 10.1. The number of nitrogens with one attached hydrogen (secondary N) is 1. The molecule has 1 aromatic rings. The summed E-state index contributed by atoms with van der Waals surface area (Å²) in [5.74, 6) is 0.0288. The Morgan fingerprint density at radius 2 is 1.90 bits per heavy atom. The van der Waals surface area contributed by atoms with Crippen LogP contribution in [0.1, 0.15) is 18.4 Å². The molecule has 1 amide bonds. The molecule has 0 radical (unpaired) electrons. The molecule has 3 N–H and O–H groups in total. The van der Waals surface area contributed by atoms with E-state index < -0.39 is 0 Å². The van der Waals surface area contributed by atoms with Crippen LogP contribution in [0.15, 0.2) is 29.2 Å². The van der Waals surface area contributed by atoms with Gasteiger partial charge in [0.1, 0.15) is 0 Å². The van der Waals surface area contributed by atoms with E-state index in [0.717, 1.165) is 10.5 Å². The van der Waals surface area contributed by atoms with Gasteiger partial charge < -0.3 is 15.8 Å². The maximum atomic E-state index is 11.7. The minimum Gasteiger partial charge on any atom is -0.380 e. The van der Waals surface area contributed by atoms with E-state index in [9.17, 15) is 9.59 Å². The Kier molecular flexibility index (Phi) is 8.73. The molecule has 6 heteroatoms. The van der Waals surface area contributed by atoms with Crippen LogP contribution in [0.4, 0.5) is 0 Å². The maximum absolute atomic E-state index is 11.7. The molecule has 1 aromatic carbocycles. The molecule has 5 nitrogen and oxygen atoms in total. The highest BCUT2D eigenvalue weighted by atomic mass is 32.2. The van der Waals surface area contributed by atoms with Gasteiger partial charge in [-0.2, -0.15) is 0 Å². The van der Waals surface area contributed by atoms with Crippen molar-refractivity contribution in [3.05, 3.63) is 29.8 Å². The molecule has 0 spiro atoms. The van der Waals surface area contributed by atoms with E-state index >= 15 is 0 Å². The number of amides is 1. The molecule has 0 aliphatic heterocycles. The molecule has 116 valence electrons. The van der Waals surface area contributed by atoms with Gasteiger partial charge in [0.05, 0.1) is 13.2 Å². The van der Waals surface area contributed by atoms with Crippen molar-refractivity contribution < 1.29 is 14.3 Å². The van der Waals surface area contributed by atoms with Crippen molar-refractivity contribution in [3.63, 3.8) is 0 Å². The molecular weight excluding hydrogens is 288 g/mol. The van der Waals surface area contributed by atoms with Gasteiger partial charge in [0.15, 0.2) is 5.12 Å². The van der Waals surface area contributed by atoms with E-state index in [1.54, 1.807) is 7.05 Å². The number of carbonyl (C=O) groups is 2. The van der Waals surface area contributed by atoms with Gasteiger partial charge in [-0.3, -0.25) is 9.59 Å². The minimum absolute atomic E-state index is 0.0288. The Bertz CT molecular complexity index is 449. The summed E-state index contributed by atoms with van der Waals surface area (Å²) < 4.78 is 5.18. The SMILES string of the molecule is CNC(=O)CCc1ccc(SC(=O)CCOCCN)cc1. The van der Waals surface area contributed by atoms with Crippen molar-refractivity contribution in [2.45, 2.75) is 24.2 Å². The topological polar surface area (TPSA) is 81.4 Å². The van der Waals surface area contributed by atoms with Crippen molar-refractivity contribution in [3.8, 4) is 0 Å². The van der Waals surface area contributed by atoms with Crippen molar-refractivity contribution in [1.82, 2.24) is 5.32 Å². The molecule has 0 fully saturated rings. The molecule has 0 unspecified atom stereocenters. The van der Waals surface area contributed by atoms with Gasteiger partial charge in [0.25, 0.3) is 0 Å². The van der Waals surface area contributed by atoms with Crippen LogP contribution in [0.3, 0.4) is 0 Å². The van der Waals surface area contributed by atoms with Crippen LogP contribution in [-0.2, 0) is 20.7 Å². The molecule has 0 saturated heterocycles. The number of rotatable bonds is 9. The third-order valence-electron chi connectivity index (χ3n) is 2.79. The fourth-order valence-electron chi connectivity index (χ4n) is 1.63. The first-order valence-corrected chi connectivity index (χ1v) is 7.75. The van der Waals surface area contributed by atoms with E-state index in [0.29, 0.717) is 39.0 Å². The van der Waals surface area contributed by atoms with E-state index in [2.05, 4.69) is 5.32 Å². The van der Waals surface area contributed by atoms with Gasteiger partial charge >= 0.3 is 0 Å². The Morgan fingerprint density at radius 3 is 2.52 bits per heavy atom. The predicted molar refractivity (Wildman–Crippen MR) is 84.2 cm³/mol. The predicted octanol–water partition coefficient (Wildman–Crippen LogP) is 1.35. The maximum Gasteiger partial charge on any atom is 0.220 e. The summed E-state index contributed by atoms with van der Waals surface area (Å²) in [5, 5.41) is 2.67. The number of ether oxygens (including phenoxy) is 1. The van der Waals surface area contributed by atoms with E-state index in [1.807, 2.05) is 24.3 Å². The number of nitrogens with two attached hydrogens (primary N) is 1. The molecule has 0 aliphatic rings. The van der Waals surface area contributed by atoms with Gasteiger partial charge in [-0.1, -0.05) is 23.9 Å². The quantitative estimate of drug-likeness (QED) is 0.531. The Hall–Kier alpha value is -1.37. The second-order valence-electron chi connectivity index (χ2n) is 4.44. The lowest BCUT2D eigenvalue weighted by molar-refractivity contribution is -0.120. The average molecular weight is 310 g/mol. The fourth-order valence-corrected chi connectivity index (χ4v) is 2.35. The van der Waals surface area contributed by atoms with E-state index in [1.165, 1.54) is 11.8 Å². The highest BCUT2D eigenvalue weighted by molar-refractivity contribution is 8.13. The molecule has 0 heterocycles. The second-order valence-corrected chi connectivity index (χ2v) is 5.57. The van der Waals surface area contributed by atoms with Gasteiger partial charge in [0.2, 0.25) is 5.91 Å². The first-order valence-electron chi connectivity index (χ1n) is 6.93. The highest BCUT2D eigenvalue weighted by Gasteiger charge is 2.05. The zero-order valence-corrected chi connectivity index (χ0v) is 13.1. The van der Waals surface area contributed by atoms with Crippen molar-refractivity contribution in [2.24, 2.45) is 5.73 Å². The van der Waals surface area contributed by atoms with Crippen molar-refractivity contribution in [2.75, 3.05) is 26.8 Å². The first-order chi connectivity index (χ1) is 10.2. The number of thioether (sulfide) groups is 1. The summed E-state index contributed by atoms with van der Waals surface area (Å²) in [4.78, 5) is 23.8. The average Bonchev–Trinajstić information content (AvgIpc) is 2.50. The number of benzene rings is 1. The minimum atomic E-state index is 0.0288. The molecule has 1 rings (SSSR count). The van der Waals surface area contributed by atoms with E-state index in [4.69, 9.17) is 10.5 Å². The number of carbonyl (C=O) groups excluding carboxylic acids is 2. The van der Waals surface area contributed by atoms with Gasteiger partial charge in [-0.25, -0.2) is 0 Å². The lowest BCUT2D eigenvalue weighted by Gasteiger charge is -2.04. The summed E-state index contributed by atoms with van der Waals surface area (Å²) in [6.45, 7) is 1.37. The van der Waals surface area contributed by atoms with Gasteiger partial charge in [-0.15, -0.1) is 0 Å². The van der Waals surface area contributed by atoms with Crippen LogP contribution in [0, 0.1) is 0 Å². The summed E-state index contributed by atoms with van der Waals surface area (Å²) >= 11 is 1.21. The molecule has 0 saturated carbocycles. The summed E-state index contributed by atoms with van der Waals surface area (Å²) in [5.41, 5.74) is 6.38. The van der Waals surface area contributed by atoms with Gasteiger partial charge in [-0.05, 0) is 24.1 Å². The standard InChI is InChI=1S/C15H22N2O3S/c1-17-14(18)7-4-12-2-5-13(6-3-12)21-15(19)8-10-20-11-9-16/h2-3,5-6H,4,7-11,16H2,1H3,(H,17,18). The largest absolute Gasteiger partial charge is 0.380 e. The zero-order valence-electron chi connectivity index (χ0n) is 12.3. The third-order valence-corrected chi connectivity index (χ3v) is 3.73. The molecule has 0 atom stereocenters. The summed E-state index contributed by atoms with van der Waals surface area (Å²) in [6.07, 6.45) is 1.55. The van der Waals surface area contributed by atoms with Crippen molar-refractivity contribution >= 4 is 22.8 Å². The van der Waals surface area contributed by atoms with Crippen LogP contribution in [-0.4, -0.2) is 37.8 Å². The molecule has 0 aliphatic carbocycles. The third kappa shape index (κ3) is 7.84. The van der Waals surface area contributed by atoms with Crippen LogP contribution in [0.5, 0.6) is 0 Å². The lowest BCUT2D eigenvalue weighted by Crippen LogP contribution is -2.17. The normalized spacial score (nSPS) is 10.4. The second kappa shape index (κ2) is 10.4.